The average Bonchev–Trinajstić information content (AvgIpc) is 3.07. The van der Waals surface area contributed by atoms with Crippen molar-refractivity contribution in [3.05, 3.63) is 66.4 Å². The van der Waals surface area contributed by atoms with Gasteiger partial charge in [0, 0.05) is 29.3 Å². The van der Waals surface area contributed by atoms with Crippen LogP contribution in [0.3, 0.4) is 0 Å². The minimum absolute atomic E-state index is 0.173. The highest BCUT2D eigenvalue weighted by Crippen LogP contribution is 2.31. The summed E-state index contributed by atoms with van der Waals surface area (Å²) in [4.78, 5) is 26.5. The van der Waals surface area contributed by atoms with Crippen LogP contribution in [0.15, 0.2) is 60.8 Å². The van der Waals surface area contributed by atoms with Crippen LogP contribution in [0.4, 0.5) is 18.9 Å². The fourth-order valence-electron chi connectivity index (χ4n) is 3.28. The number of halogens is 3. The monoisotopic (exact) mass is 388 g/mol. The van der Waals surface area contributed by atoms with Gasteiger partial charge in [-0.1, -0.05) is 36.4 Å². The molecule has 0 aliphatic heterocycles. The van der Waals surface area contributed by atoms with E-state index in [1.807, 2.05) is 13.0 Å². The molecule has 4 nitrogen and oxygen atoms in total. The number of para-hydroxylation sites is 2. The Morgan fingerprint density at radius 3 is 2.25 bits per heavy atom. The molecule has 1 aromatic heterocycles. The number of likely N-dealkylation sites (N-methyl/N-ethyl adjacent to an activating group) is 1. The smallest absolute Gasteiger partial charge is 0.334 e. The Morgan fingerprint density at radius 2 is 1.64 bits per heavy atom. The van der Waals surface area contributed by atoms with Crippen molar-refractivity contribution < 1.29 is 22.8 Å². The molecule has 0 radical (unpaired) electrons. The number of alkyl halides is 3. The van der Waals surface area contributed by atoms with Gasteiger partial charge in [-0.15, -0.1) is 0 Å². The first-order valence-corrected chi connectivity index (χ1v) is 8.83. The number of carbonyl (C=O) groups excluding carboxylic acids is 2. The molecule has 0 aliphatic carbocycles. The molecule has 0 saturated heterocycles. The number of Topliss-reactive ketones (excluding diaryl/α,β-unsaturated/α-hetero) is 1. The molecule has 0 saturated carbocycles. The number of carbonyl (C=O) groups is 2. The molecule has 0 aliphatic rings. The minimum Gasteiger partial charge on any atom is -0.334 e. The quantitative estimate of drug-likeness (QED) is 0.577. The van der Waals surface area contributed by atoms with Crippen molar-refractivity contribution in [1.82, 2.24) is 4.57 Å². The topological polar surface area (TPSA) is 42.3 Å². The summed E-state index contributed by atoms with van der Waals surface area (Å²) in [6, 6.07) is 14.5. The molecule has 1 heterocycles. The summed E-state index contributed by atoms with van der Waals surface area (Å²) < 4.78 is 40.4. The molecule has 1 amide bonds. The third-order valence-corrected chi connectivity index (χ3v) is 4.67. The summed E-state index contributed by atoms with van der Waals surface area (Å²) in [5.74, 6) is -2.20. The van der Waals surface area contributed by atoms with Crippen molar-refractivity contribution in [1.29, 1.82) is 0 Å². The van der Waals surface area contributed by atoms with Gasteiger partial charge in [0.05, 0.1) is 5.56 Å². The van der Waals surface area contributed by atoms with E-state index in [0.29, 0.717) is 17.7 Å². The van der Waals surface area contributed by atoms with E-state index in [2.05, 4.69) is 0 Å². The fraction of sp³-hybridized carbons (Fsp3) is 0.238. The van der Waals surface area contributed by atoms with Crippen molar-refractivity contribution in [2.75, 3.05) is 11.4 Å². The third-order valence-electron chi connectivity index (χ3n) is 4.67. The summed E-state index contributed by atoms with van der Waals surface area (Å²) in [5.41, 5.74) is 0.649. The molecule has 7 heteroatoms. The van der Waals surface area contributed by atoms with E-state index < -0.39 is 23.6 Å². The van der Waals surface area contributed by atoms with Gasteiger partial charge in [-0.3, -0.25) is 9.59 Å². The lowest BCUT2D eigenvalue weighted by atomic mass is 10.1. The molecule has 1 unspecified atom stereocenters. The van der Waals surface area contributed by atoms with E-state index in [9.17, 15) is 22.8 Å². The van der Waals surface area contributed by atoms with Crippen molar-refractivity contribution in [3.8, 4) is 0 Å². The Hall–Kier alpha value is -3.09. The Morgan fingerprint density at radius 1 is 1.04 bits per heavy atom. The van der Waals surface area contributed by atoms with Crippen molar-refractivity contribution >= 4 is 28.3 Å². The summed E-state index contributed by atoms with van der Waals surface area (Å²) in [6.07, 6.45) is -3.86. The van der Waals surface area contributed by atoms with Crippen molar-refractivity contribution in [2.24, 2.45) is 0 Å². The van der Waals surface area contributed by atoms with Gasteiger partial charge in [0.25, 0.3) is 5.78 Å². The maximum atomic E-state index is 13.1. The molecular weight excluding hydrogens is 369 g/mol. The van der Waals surface area contributed by atoms with Gasteiger partial charge >= 0.3 is 6.18 Å². The zero-order valence-corrected chi connectivity index (χ0v) is 15.4. The van der Waals surface area contributed by atoms with Crippen LogP contribution in [-0.2, 0) is 4.79 Å². The number of amides is 1. The van der Waals surface area contributed by atoms with E-state index in [1.54, 1.807) is 54.3 Å². The molecule has 146 valence electrons. The van der Waals surface area contributed by atoms with Crippen LogP contribution >= 0.6 is 0 Å². The predicted molar refractivity (Wildman–Crippen MR) is 102 cm³/mol. The highest BCUT2D eigenvalue weighted by atomic mass is 19.4. The fourth-order valence-corrected chi connectivity index (χ4v) is 3.28. The maximum absolute atomic E-state index is 13.1. The predicted octanol–water partition coefficient (Wildman–Crippen LogP) is 5.00. The van der Waals surface area contributed by atoms with Gasteiger partial charge in [0.2, 0.25) is 5.91 Å². The minimum atomic E-state index is -4.98. The molecule has 3 aromatic rings. The Kier molecular flexibility index (Phi) is 5.27. The molecule has 2 aromatic carbocycles. The van der Waals surface area contributed by atoms with E-state index in [1.165, 1.54) is 10.6 Å². The number of hydrogen-bond donors (Lipinski definition) is 0. The highest BCUT2D eigenvalue weighted by molar-refractivity contribution is 6.11. The second-order valence-electron chi connectivity index (χ2n) is 6.39. The van der Waals surface area contributed by atoms with Crippen LogP contribution in [0.2, 0.25) is 0 Å². The van der Waals surface area contributed by atoms with Gasteiger partial charge in [-0.2, -0.15) is 13.2 Å². The van der Waals surface area contributed by atoms with E-state index in [-0.39, 0.29) is 11.3 Å². The maximum Gasteiger partial charge on any atom is 0.454 e. The number of anilines is 1. The largest absolute Gasteiger partial charge is 0.454 e. The van der Waals surface area contributed by atoms with Crippen LogP contribution in [-0.4, -0.2) is 29.0 Å². The molecule has 0 fully saturated rings. The van der Waals surface area contributed by atoms with Crippen LogP contribution in [0, 0.1) is 0 Å². The summed E-state index contributed by atoms with van der Waals surface area (Å²) in [7, 11) is 0. The first-order valence-electron chi connectivity index (χ1n) is 8.83. The van der Waals surface area contributed by atoms with Crippen LogP contribution < -0.4 is 4.90 Å². The molecule has 0 spiro atoms. The zero-order chi connectivity index (χ0) is 20.5. The number of benzene rings is 2. The van der Waals surface area contributed by atoms with E-state index >= 15 is 0 Å². The Bertz CT molecular complexity index is 1010. The highest BCUT2D eigenvalue weighted by Gasteiger charge is 2.41. The van der Waals surface area contributed by atoms with E-state index in [0.717, 1.165) is 6.20 Å². The zero-order valence-electron chi connectivity index (χ0n) is 15.4. The standard InChI is InChI=1S/C21H19F3N2O2/c1-3-25(15-9-5-4-6-10-15)20(28)14(2)26-13-17(19(27)21(22,23)24)16-11-7-8-12-18(16)26/h4-14H,3H2,1-2H3. The first kappa shape index (κ1) is 19.7. The number of hydrogen-bond acceptors (Lipinski definition) is 2. The number of fused-ring (bicyclic) bond motifs is 1. The summed E-state index contributed by atoms with van der Waals surface area (Å²) in [6.45, 7) is 3.84. The second kappa shape index (κ2) is 7.50. The third kappa shape index (κ3) is 3.52. The molecular formula is C21H19F3N2O2. The summed E-state index contributed by atoms with van der Waals surface area (Å²) in [5, 5.41) is 0.173. The molecule has 3 rings (SSSR count). The van der Waals surface area contributed by atoms with Gasteiger partial charge in [-0.25, -0.2) is 0 Å². The lowest BCUT2D eigenvalue weighted by molar-refractivity contribution is -0.121. The Labute approximate surface area is 160 Å². The number of rotatable bonds is 5. The second-order valence-corrected chi connectivity index (χ2v) is 6.39. The molecule has 28 heavy (non-hydrogen) atoms. The van der Waals surface area contributed by atoms with Crippen LogP contribution in [0.5, 0.6) is 0 Å². The molecule has 0 bridgehead atoms. The molecule has 1 atom stereocenters. The molecule has 0 N–H and O–H groups in total. The van der Waals surface area contributed by atoms with Crippen LogP contribution in [0.1, 0.15) is 30.2 Å². The van der Waals surface area contributed by atoms with Crippen molar-refractivity contribution in [2.45, 2.75) is 26.1 Å². The van der Waals surface area contributed by atoms with Gasteiger partial charge in [0.15, 0.2) is 0 Å². The van der Waals surface area contributed by atoms with Crippen molar-refractivity contribution in [3.63, 3.8) is 0 Å². The summed E-state index contributed by atoms with van der Waals surface area (Å²) >= 11 is 0. The average molecular weight is 388 g/mol. The van der Waals surface area contributed by atoms with E-state index in [4.69, 9.17) is 0 Å². The van der Waals surface area contributed by atoms with Gasteiger partial charge in [0.1, 0.15) is 6.04 Å². The normalized spacial score (nSPS) is 12.8. The number of ketones is 1. The van der Waals surface area contributed by atoms with Gasteiger partial charge < -0.3 is 9.47 Å². The number of aromatic nitrogens is 1. The lowest BCUT2D eigenvalue weighted by Crippen LogP contribution is -2.36. The van der Waals surface area contributed by atoms with Crippen LogP contribution in [0.25, 0.3) is 10.9 Å². The first-order chi connectivity index (χ1) is 13.3. The SMILES string of the molecule is CCN(C(=O)C(C)n1cc(C(=O)C(F)(F)F)c2ccccc21)c1ccccc1. The lowest BCUT2D eigenvalue weighted by Gasteiger charge is -2.25. The number of nitrogens with zero attached hydrogens (tertiary/aromatic N) is 2. The Balaban J connectivity index is 2.06. The van der Waals surface area contributed by atoms with Gasteiger partial charge in [-0.05, 0) is 32.0 Å².